The number of urea groups is 1. The number of halogens is 1. The molecule has 1 saturated heterocycles. The van der Waals surface area contributed by atoms with Gasteiger partial charge in [0.15, 0.2) is 0 Å². The number of rotatable bonds is 6. The van der Waals surface area contributed by atoms with Gasteiger partial charge in [0.1, 0.15) is 29.5 Å². The summed E-state index contributed by atoms with van der Waals surface area (Å²) in [4.78, 5) is 39.1. The number of amides is 4. The smallest absolute Gasteiger partial charge is 0.331 e. The van der Waals surface area contributed by atoms with Gasteiger partial charge in [0, 0.05) is 5.56 Å². The molecule has 0 aliphatic carbocycles. The van der Waals surface area contributed by atoms with Crippen LogP contribution in [-0.4, -0.2) is 22.7 Å². The summed E-state index contributed by atoms with van der Waals surface area (Å²) in [6, 6.07) is 19.5. The second-order valence-electron chi connectivity index (χ2n) is 7.90. The predicted molar refractivity (Wildman–Crippen MR) is 125 cm³/mol. The lowest BCUT2D eigenvalue weighted by Gasteiger charge is -2.25. The molecular formula is C27H19FN2O5. The number of nitrogens with one attached hydrogen (secondary N) is 1. The maximum absolute atomic E-state index is 13.2. The van der Waals surface area contributed by atoms with Crippen LogP contribution in [0.25, 0.3) is 16.8 Å². The van der Waals surface area contributed by atoms with E-state index in [4.69, 9.17) is 9.15 Å². The minimum Gasteiger partial charge on any atom is -0.488 e. The molecule has 0 radical (unpaired) electrons. The van der Waals surface area contributed by atoms with Crippen molar-refractivity contribution >= 4 is 34.7 Å². The van der Waals surface area contributed by atoms with Gasteiger partial charge in [-0.05, 0) is 52.7 Å². The Kier molecular flexibility index (Phi) is 5.85. The number of nitrogens with zero attached hydrogens (tertiary/aromatic N) is 1. The summed E-state index contributed by atoms with van der Waals surface area (Å²) < 4.78 is 24.5. The zero-order chi connectivity index (χ0) is 24.4. The van der Waals surface area contributed by atoms with E-state index in [-0.39, 0.29) is 24.5 Å². The number of carbonyl (C=O) groups is 3. The first-order valence-electron chi connectivity index (χ1n) is 10.8. The SMILES string of the molecule is O=C1NC(=O)N(Cc2ccco2)C(=O)/C1=C/c1c(OCc2ccc(F)cc2)ccc2ccccc12. The fourth-order valence-corrected chi connectivity index (χ4v) is 3.83. The molecule has 35 heavy (non-hydrogen) atoms. The van der Waals surface area contributed by atoms with Crippen LogP contribution < -0.4 is 10.1 Å². The van der Waals surface area contributed by atoms with E-state index in [0.29, 0.717) is 17.1 Å². The Morgan fingerprint density at radius 1 is 0.943 bits per heavy atom. The molecule has 0 spiro atoms. The van der Waals surface area contributed by atoms with E-state index in [1.807, 2.05) is 30.3 Å². The summed E-state index contributed by atoms with van der Waals surface area (Å²) in [5.74, 6) is -1.06. The molecule has 4 aromatic rings. The molecule has 4 amide bonds. The second-order valence-corrected chi connectivity index (χ2v) is 7.90. The standard InChI is InChI=1S/C27H19FN2O5/c28-19-10-7-17(8-11-19)16-35-24-12-9-18-4-1-2-6-21(18)22(24)14-23-25(31)29-27(33)30(26(23)32)15-20-5-3-13-34-20/h1-14H,15-16H2,(H,29,31,33)/b23-14+. The van der Waals surface area contributed by atoms with Crippen LogP contribution in [0.2, 0.25) is 0 Å². The van der Waals surface area contributed by atoms with Crippen molar-refractivity contribution in [2.24, 2.45) is 0 Å². The second kappa shape index (κ2) is 9.26. The van der Waals surface area contributed by atoms with Gasteiger partial charge in [-0.15, -0.1) is 0 Å². The Balaban J connectivity index is 1.53. The molecule has 1 aliphatic rings. The molecule has 0 bridgehead atoms. The number of ether oxygens (including phenoxy) is 1. The molecule has 0 saturated carbocycles. The van der Waals surface area contributed by atoms with Crippen LogP contribution in [0.3, 0.4) is 0 Å². The molecule has 5 rings (SSSR count). The van der Waals surface area contributed by atoms with E-state index in [2.05, 4.69) is 5.32 Å². The van der Waals surface area contributed by atoms with Crippen LogP contribution in [0, 0.1) is 5.82 Å². The summed E-state index contributed by atoms with van der Waals surface area (Å²) in [5, 5.41) is 3.85. The predicted octanol–water partition coefficient (Wildman–Crippen LogP) is 4.81. The number of furan rings is 1. The Morgan fingerprint density at radius 3 is 2.51 bits per heavy atom. The number of hydrogen-bond donors (Lipinski definition) is 1. The fraction of sp³-hybridized carbons (Fsp3) is 0.0741. The minimum atomic E-state index is -0.820. The van der Waals surface area contributed by atoms with Crippen molar-refractivity contribution in [2.75, 3.05) is 0 Å². The zero-order valence-corrected chi connectivity index (χ0v) is 18.4. The Labute approximate surface area is 199 Å². The summed E-state index contributed by atoms with van der Waals surface area (Å²) >= 11 is 0. The molecule has 7 nitrogen and oxygen atoms in total. The molecule has 0 unspecified atom stereocenters. The van der Waals surface area contributed by atoms with Crippen molar-refractivity contribution < 1.29 is 27.9 Å². The van der Waals surface area contributed by atoms with Crippen LogP contribution >= 0.6 is 0 Å². The highest BCUT2D eigenvalue weighted by molar-refractivity contribution is 6.31. The van der Waals surface area contributed by atoms with E-state index in [9.17, 15) is 18.8 Å². The lowest BCUT2D eigenvalue weighted by Crippen LogP contribution is -2.53. The first-order valence-corrected chi connectivity index (χ1v) is 10.8. The van der Waals surface area contributed by atoms with Gasteiger partial charge in [0.25, 0.3) is 11.8 Å². The molecular weight excluding hydrogens is 451 g/mol. The Bertz CT molecular complexity index is 1460. The van der Waals surface area contributed by atoms with Crippen molar-refractivity contribution in [3.8, 4) is 5.75 Å². The highest BCUT2D eigenvalue weighted by atomic mass is 19.1. The number of imide groups is 2. The molecule has 1 aromatic heterocycles. The number of barbiturate groups is 1. The maximum atomic E-state index is 13.2. The molecule has 1 N–H and O–H groups in total. The summed E-state index contributed by atoms with van der Waals surface area (Å²) in [6.45, 7) is 0.0315. The summed E-state index contributed by atoms with van der Waals surface area (Å²) in [7, 11) is 0. The highest BCUT2D eigenvalue weighted by Crippen LogP contribution is 2.32. The van der Waals surface area contributed by atoms with Gasteiger partial charge in [-0.2, -0.15) is 0 Å². The molecule has 2 heterocycles. The average molecular weight is 470 g/mol. The van der Waals surface area contributed by atoms with Gasteiger partial charge in [-0.3, -0.25) is 19.8 Å². The Morgan fingerprint density at radius 2 is 1.74 bits per heavy atom. The molecule has 8 heteroatoms. The van der Waals surface area contributed by atoms with Crippen LogP contribution in [0.1, 0.15) is 16.9 Å². The number of carbonyl (C=O) groups excluding carboxylic acids is 3. The lowest BCUT2D eigenvalue weighted by molar-refractivity contribution is -0.130. The topological polar surface area (TPSA) is 88.9 Å². The molecule has 0 atom stereocenters. The Hall–Kier alpha value is -4.72. The molecule has 174 valence electrons. The highest BCUT2D eigenvalue weighted by Gasteiger charge is 2.36. The third kappa shape index (κ3) is 4.54. The number of benzene rings is 3. The fourth-order valence-electron chi connectivity index (χ4n) is 3.83. The van der Waals surface area contributed by atoms with Crippen molar-refractivity contribution in [1.29, 1.82) is 0 Å². The van der Waals surface area contributed by atoms with Gasteiger partial charge in [0.2, 0.25) is 0 Å². The number of hydrogen-bond acceptors (Lipinski definition) is 5. The third-order valence-corrected chi connectivity index (χ3v) is 5.61. The van der Waals surface area contributed by atoms with Crippen LogP contribution in [0.4, 0.5) is 9.18 Å². The molecule has 3 aromatic carbocycles. The third-order valence-electron chi connectivity index (χ3n) is 5.61. The van der Waals surface area contributed by atoms with Crippen molar-refractivity contribution in [3.05, 3.63) is 107 Å². The summed E-state index contributed by atoms with van der Waals surface area (Å²) in [5.41, 5.74) is 1.05. The largest absolute Gasteiger partial charge is 0.488 e. The van der Waals surface area contributed by atoms with Crippen LogP contribution in [0.5, 0.6) is 5.75 Å². The lowest BCUT2D eigenvalue weighted by atomic mass is 9.99. The monoisotopic (exact) mass is 470 g/mol. The average Bonchev–Trinajstić information content (AvgIpc) is 3.38. The van der Waals surface area contributed by atoms with Crippen molar-refractivity contribution in [1.82, 2.24) is 10.2 Å². The van der Waals surface area contributed by atoms with Crippen molar-refractivity contribution in [3.63, 3.8) is 0 Å². The van der Waals surface area contributed by atoms with Gasteiger partial charge in [0.05, 0.1) is 12.8 Å². The van der Waals surface area contributed by atoms with Crippen molar-refractivity contribution in [2.45, 2.75) is 13.2 Å². The van der Waals surface area contributed by atoms with Gasteiger partial charge in [-0.25, -0.2) is 9.18 Å². The first kappa shape index (κ1) is 22.1. The molecule has 1 aliphatic heterocycles. The van der Waals surface area contributed by atoms with E-state index in [1.54, 1.807) is 30.3 Å². The van der Waals surface area contributed by atoms with E-state index in [0.717, 1.165) is 21.2 Å². The summed E-state index contributed by atoms with van der Waals surface area (Å²) in [6.07, 6.45) is 2.87. The van der Waals surface area contributed by atoms with Gasteiger partial charge < -0.3 is 9.15 Å². The minimum absolute atomic E-state index is 0.119. The van der Waals surface area contributed by atoms with Crippen LogP contribution in [0.15, 0.2) is 89.0 Å². The van der Waals surface area contributed by atoms with Gasteiger partial charge in [-0.1, -0.05) is 42.5 Å². The maximum Gasteiger partial charge on any atom is 0.331 e. The van der Waals surface area contributed by atoms with Gasteiger partial charge >= 0.3 is 6.03 Å². The normalized spacial score (nSPS) is 15.1. The van der Waals surface area contributed by atoms with Crippen LogP contribution in [-0.2, 0) is 22.7 Å². The first-order chi connectivity index (χ1) is 17.0. The van der Waals surface area contributed by atoms with E-state index in [1.165, 1.54) is 24.5 Å². The van der Waals surface area contributed by atoms with E-state index >= 15 is 0 Å². The molecule has 1 fully saturated rings. The zero-order valence-electron chi connectivity index (χ0n) is 18.4. The quantitative estimate of drug-likeness (QED) is 0.323. The number of fused-ring (bicyclic) bond motifs is 1. The van der Waals surface area contributed by atoms with E-state index < -0.39 is 17.8 Å².